The second kappa shape index (κ2) is 7.86. The van der Waals surface area contributed by atoms with Gasteiger partial charge in [0.25, 0.3) is 0 Å². The Kier molecular flexibility index (Phi) is 5.84. The van der Waals surface area contributed by atoms with Crippen LogP contribution in [-0.4, -0.2) is 22.6 Å². The molecule has 2 rings (SSSR count). The summed E-state index contributed by atoms with van der Waals surface area (Å²) in [4.78, 5) is 9.04. The largest absolute Gasteiger partial charge is 0.366 e. The average Bonchev–Trinajstić information content (AvgIpc) is 2.52. The van der Waals surface area contributed by atoms with E-state index in [1.807, 2.05) is 43.3 Å². The SMILES string of the molecule is CCOC(c1ccccc1)c1nccc(CNC(C)C)n1. The Morgan fingerprint density at radius 2 is 1.90 bits per heavy atom. The van der Waals surface area contributed by atoms with Crippen molar-refractivity contribution in [1.82, 2.24) is 15.3 Å². The summed E-state index contributed by atoms with van der Waals surface area (Å²) in [5.41, 5.74) is 2.06. The second-order valence-electron chi connectivity index (χ2n) is 5.19. The van der Waals surface area contributed by atoms with Gasteiger partial charge in [-0.25, -0.2) is 9.97 Å². The molecule has 21 heavy (non-hydrogen) atoms. The number of nitrogens with one attached hydrogen (secondary N) is 1. The van der Waals surface area contributed by atoms with Crippen LogP contribution < -0.4 is 5.32 Å². The molecule has 0 saturated heterocycles. The Morgan fingerprint density at radius 1 is 1.14 bits per heavy atom. The molecule has 0 amide bonds. The Hall–Kier alpha value is -1.78. The first-order valence-electron chi connectivity index (χ1n) is 7.42. The third-order valence-corrected chi connectivity index (χ3v) is 3.09. The molecule has 0 fully saturated rings. The van der Waals surface area contributed by atoms with Crippen LogP contribution >= 0.6 is 0 Å². The molecule has 112 valence electrons. The minimum absolute atomic E-state index is 0.213. The van der Waals surface area contributed by atoms with Crippen LogP contribution in [0.15, 0.2) is 42.6 Å². The molecule has 1 unspecified atom stereocenters. The molecule has 1 heterocycles. The molecule has 0 aliphatic heterocycles. The van der Waals surface area contributed by atoms with E-state index in [9.17, 15) is 0 Å². The highest BCUT2D eigenvalue weighted by molar-refractivity contribution is 5.23. The molecule has 4 nitrogen and oxygen atoms in total. The van der Waals surface area contributed by atoms with Crippen LogP contribution in [0.4, 0.5) is 0 Å². The van der Waals surface area contributed by atoms with E-state index in [0.29, 0.717) is 18.5 Å². The molecule has 0 saturated carbocycles. The number of ether oxygens (including phenoxy) is 1. The van der Waals surface area contributed by atoms with E-state index in [4.69, 9.17) is 4.74 Å². The van der Waals surface area contributed by atoms with Gasteiger partial charge in [-0.3, -0.25) is 0 Å². The van der Waals surface area contributed by atoms with Crippen LogP contribution in [-0.2, 0) is 11.3 Å². The predicted molar refractivity (Wildman–Crippen MR) is 83.9 cm³/mol. The van der Waals surface area contributed by atoms with E-state index >= 15 is 0 Å². The van der Waals surface area contributed by atoms with Crippen LogP contribution in [0.5, 0.6) is 0 Å². The average molecular weight is 285 g/mol. The molecule has 4 heteroatoms. The Labute approximate surface area is 126 Å². The van der Waals surface area contributed by atoms with Crippen molar-refractivity contribution in [3.63, 3.8) is 0 Å². The molecule has 1 aromatic carbocycles. The maximum absolute atomic E-state index is 5.85. The van der Waals surface area contributed by atoms with Gasteiger partial charge in [-0.05, 0) is 18.6 Å². The van der Waals surface area contributed by atoms with Gasteiger partial charge < -0.3 is 10.1 Å². The van der Waals surface area contributed by atoms with Gasteiger partial charge in [-0.1, -0.05) is 44.2 Å². The van der Waals surface area contributed by atoms with E-state index in [-0.39, 0.29) is 6.10 Å². The predicted octanol–water partition coefficient (Wildman–Crippen LogP) is 3.10. The van der Waals surface area contributed by atoms with Crippen molar-refractivity contribution in [2.45, 2.75) is 39.5 Å². The van der Waals surface area contributed by atoms with Crippen molar-refractivity contribution in [2.75, 3.05) is 6.61 Å². The Balaban J connectivity index is 2.22. The highest BCUT2D eigenvalue weighted by Crippen LogP contribution is 2.22. The maximum atomic E-state index is 5.85. The molecule has 2 aromatic rings. The van der Waals surface area contributed by atoms with Crippen LogP contribution in [0.25, 0.3) is 0 Å². The van der Waals surface area contributed by atoms with Crippen molar-refractivity contribution in [3.8, 4) is 0 Å². The lowest BCUT2D eigenvalue weighted by molar-refractivity contribution is 0.0849. The number of benzene rings is 1. The Morgan fingerprint density at radius 3 is 2.57 bits per heavy atom. The second-order valence-corrected chi connectivity index (χ2v) is 5.19. The molecule has 0 aliphatic carbocycles. The molecule has 0 bridgehead atoms. The quantitative estimate of drug-likeness (QED) is 0.849. The van der Waals surface area contributed by atoms with Crippen molar-refractivity contribution >= 4 is 0 Å². The topological polar surface area (TPSA) is 47.0 Å². The lowest BCUT2D eigenvalue weighted by atomic mass is 10.1. The van der Waals surface area contributed by atoms with Crippen molar-refractivity contribution < 1.29 is 4.74 Å². The third kappa shape index (κ3) is 4.62. The molecule has 0 spiro atoms. The fourth-order valence-electron chi connectivity index (χ4n) is 2.06. The zero-order valence-electron chi connectivity index (χ0n) is 12.9. The number of aromatic nitrogens is 2. The van der Waals surface area contributed by atoms with E-state index in [1.165, 1.54) is 0 Å². The number of hydrogen-bond donors (Lipinski definition) is 1. The first kappa shape index (κ1) is 15.6. The fraction of sp³-hybridized carbons (Fsp3) is 0.412. The summed E-state index contributed by atoms with van der Waals surface area (Å²) in [5.74, 6) is 0.714. The number of nitrogens with zero attached hydrogens (tertiary/aromatic N) is 2. The normalized spacial score (nSPS) is 12.6. The van der Waals surface area contributed by atoms with Crippen molar-refractivity contribution in [2.24, 2.45) is 0 Å². The lowest BCUT2D eigenvalue weighted by Gasteiger charge is -2.17. The minimum Gasteiger partial charge on any atom is -0.366 e. The lowest BCUT2D eigenvalue weighted by Crippen LogP contribution is -2.23. The number of rotatable bonds is 7. The van der Waals surface area contributed by atoms with E-state index in [2.05, 4.69) is 29.1 Å². The molecule has 1 atom stereocenters. The third-order valence-electron chi connectivity index (χ3n) is 3.09. The molecule has 0 aliphatic rings. The molecule has 1 aromatic heterocycles. The van der Waals surface area contributed by atoms with Crippen LogP contribution in [0.1, 0.15) is 44.0 Å². The highest BCUT2D eigenvalue weighted by atomic mass is 16.5. The zero-order valence-corrected chi connectivity index (χ0v) is 12.9. The van der Waals surface area contributed by atoms with Crippen LogP contribution in [0, 0.1) is 0 Å². The van der Waals surface area contributed by atoms with Crippen LogP contribution in [0.3, 0.4) is 0 Å². The van der Waals surface area contributed by atoms with Crippen LogP contribution in [0.2, 0.25) is 0 Å². The van der Waals surface area contributed by atoms with E-state index < -0.39 is 0 Å². The summed E-state index contributed by atoms with van der Waals surface area (Å²) in [6, 6.07) is 12.5. The van der Waals surface area contributed by atoms with E-state index in [1.54, 1.807) is 6.20 Å². The van der Waals surface area contributed by atoms with Gasteiger partial charge in [-0.15, -0.1) is 0 Å². The van der Waals surface area contributed by atoms with Crippen molar-refractivity contribution in [3.05, 3.63) is 59.7 Å². The van der Waals surface area contributed by atoms with E-state index in [0.717, 1.165) is 17.8 Å². The minimum atomic E-state index is -0.213. The maximum Gasteiger partial charge on any atom is 0.162 e. The van der Waals surface area contributed by atoms with Gasteiger partial charge in [0, 0.05) is 25.4 Å². The van der Waals surface area contributed by atoms with Gasteiger partial charge in [-0.2, -0.15) is 0 Å². The summed E-state index contributed by atoms with van der Waals surface area (Å²) in [6.45, 7) is 7.59. The molecular formula is C17H23N3O. The summed E-state index contributed by atoms with van der Waals surface area (Å²) in [5, 5.41) is 3.37. The van der Waals surface area contributed by atoms with Gasteiger partial charge in [0.15, 0.2) is 5.82 Å². The standard InChI is InChI=1S/C17H23N3O/c1-4-21-16(14-8-6-5-7-9-14)17-18-11-10-15(20-17)12-19-13(2)3/h5-11,13,16,19H,4,12H2,1-3H3. The summed E-state index contributed by atoms with van der Waals surface area (Å²) < 4.78 is 5.85. The molecule has 0 radical (unpaired) electrons. The van der Waals surface area contributed by atoms with Gasteiger partial charge >= 0.3 is 0 Å². The Bertz CT molecular complexity index is 543. The smallest absolute Gasteiger partial charge is 0.162 e. The summed E-state index contributed by atoms with van der Waals surface area (Å²) in [7, 11) is 0. The molecular weight excluding hydrogens is 262 g/mol. The van der Waals surface area contributed by atoms with Gasteiger partial charge in [0.2, 0.25) is 0 Å². The highest BCUT2D eigenvalue weighted by Gasteiger charge is 2.17. The number of hydrogen-bond acceptors (Lipinski definition) is 4. The summed E-state index contributed by atoms with van der Waals surface area (Å²) in [6.07, 6.45) is 1.59. The molecule has 1 N–H and O–H groups in total. The zero-order chi connectivity index (χ0) is 15.1. The first-order valence-corrected chi connectivity index (χ1v) is 7.42. The van der Waals surface area contributed by atoms with Crippen molar-refractivity contribution in [1.29, 1.82) is 0 Å². The summed E-state index contributed by atoms with van der Waals surface area (Å²) >= 11 is 0. The first-order chi connectivity index (χ1) is 10.2. The fourth-order valence-corrected chi connectivity index (χ4v) is 2.06. The monoisotopic (exact) mass is 285 g/mol. The van der Waals surface area contributed by atoms with Gasteiger partial charge in [0.1, 0.15) is 6.10 Å². The van der Waals surface area contributed by atoms with Gasteiger partial charge in [0.05, 0.1) is 5.69 Å².